The van der Waals surface area contributed by atoms with Crippen LogP contribution < -0.4 is 4.74 Å². The maximum absolute atomic E-state index is 13.7. The quantitative estimate of drug-likeness (QED) is 0.721. The Morgan fingerprint density at radius 2 is 2.04 bits per heavy atom. The van der Waals surface area contributed by atoms with Crippen LogP contribution in [0.3, 0.4) is 0 Å². The van der Waals surface area contributed by atoms with Gasteiger partial charge in [-0.3, -0.25) is 4.98 Å². The molecule has 0 aliphatic heterocycles. The Kier molecular flexibility index (Phi) is 4.23. The van der Waals surface area contributed by atoms with Gasteiger partial charge in [-0.2, -0.15) is 5.26 Å². The number of pyridine rings is 2. The highest BCUT2D eigenvalue weighted by Crippen LogP contribution is 2.33. The summed E-state index contributed by atoms with van der Waals surface area (Å²) in [6.45, 7) is 0.00176. The van der Waals surface area contributed by atoms with Gasteiger partial charge in [-0.15, -0.1) is 0 Å². The van der Waals surface area contributed by atoms with Gasteiger partial charge >= 0.3 is 0 Å². The molecule has 3 aromatic rings. The molecule has 0 amide bonds. The Bertz CT molecular complexity index is 998. The van der Waals surface area contributed by atoms with E-state index >= 15 is 0 Å². The summed E-state index contributed by atoms with van der Waals surface area (Å²) in [6, 6.07) is 6.61. The Morgan fingerprint density at radius 3 is 2.81 bits per heavy atom. The van der Waals surface area contributed by atoms with Crippen LogP contribution >= 0.6 is 0 Å². The lowest BCUT2D eigenvalue weighted by Crippen LogP contribution is -2.04. The molecular weight excluding hydrogens is 333 g/mol. The minimum Gasteiger partial charge on any atom is -0.471 e. The third-order valence-electron chi connectivity index (χ3n) is 4.28. The highest BCUT2D eigenvalue weighted by Gasteiger charge is 2.20. The van der Waals surface area contributed by atoms with Crippen molar-refractivity contribution in [3.05, 3.63) is 65.4 Å². The maximum Gasteiger partial charge on any atom is 0.232 e. The fourth-order valence-corrected chi connectivity index (χ4v) is 3.04. The fourth-order valence-electron chi connectivity index (χ4n) is 3.04. The molecule has 0 radical (unpaired) electrons. The van der Waals surface area contributed by atoms with Crippen molar-refractivity contribution in [2.45, 2.75) is 25.9 Å². The largest absolute Gasteiger partial charge is 0.471 e. The van der Waals surface area contributed by atoms with E-state index < -0.39 is 5.82 Å². The zero-order valence-corrected chi connectivity index (χ0v) is 13.8. The summed E-state index contributed by atoms with van der Waals surface area (Å²) in [6.07, 6.45) is 7.59. The van der Waals surface area contributed by atoms with Crippen molar-refractivity contribution in [1.29, 1.82) is 5.26 Å². The number of halogens is 1. The zero-order chi connectivity index (χ0) is 17.9. The minimum atomic E-state index is -0.408. The van der Waals surface area contributed by atoms with Crippen LogP contribution in [0.25, 0.3) is 11.1 Å². The Labute approximate surface area is 149 Å². The molecule has 26 heavy (non-hydrogen) atoms. The number of aryl methyl sites for hydroxylation is 1. The van der Waals surface area contributed by atoms with Crippen LogP contribution in [-0.2, 0) is 19.4 Å². The molecule has 0 N–H and O–H groups in total. The Hall–Kier alpha value is -3.40. The number of ether oxygens (including phenoxy) is 1. The molecule has 3 aromatic heterocycles. The smallest absolute Gasteiger partial charge is 0.232 e. The van der Waals surface area contributed by atoms with Gasteiger partial charge < -0.3 is 4.74 Å². The zero-order valence-electron chi connectivity index (χ0n) is 13.8. The second-order valence-corrected chi connectivity index (χ2v) is 5.91. The van der Waals surface area contributed by atoms with Gasteiger partial charge in [0.05, 0.1) is 0 Å². The van der Waals surface area contributed by atoms with Gasteiger partial charge in [0, 0.05) is 35.9 Å². The number of hydrogen-bond donors (Lipinski definition) is 0. The molecule has 0 atom stereocenters. The van der Waals surface area contributed by atoms with Gasteiger partial charge in [0.15, 0.2) is 0 Å². The lowest BCUT2D eigenvalue weighted by molar-refractivity contribution is 0.282. The van der Waals surface area contributed by atoms with Crippen molar-refractivity contribution < 1.29 is 9.13 Å². The van der Waals surface area contributed by atoms with E-state index in [2.05, 4.69) is 19.9 Å². The van der Waals surface area contributed by atoms with Crippen LogP contribution in [0.4, 0.5) is 4.39 Å². The van der Waals surface area contributed by atoms with Crippen LogP contribution in [0, 0.1) is 17.1 Å². The van der Waals surface area contributed by atoms with Gasteiger partial charge in [-0.25, -0.2) is 19.3 Å². The highest BCUT2D eigenvalue weighted by atomic mass is 19.1. The van der Waals surface area contributed by atoms with E-state index in [-0.39, 0.29) is 18.1 Å². The molecule has 4 rings (SSSR count). The third-order valence-corrected chi connectivity index (χ3v) is 4.28. The molecule has 0 fully saturated rings. The Balaban J connectivity index is 1.66. The van der Waals surface area contributed by atoms with Gasteiger partial charge in [0.1, 0.15) is 24.2 Å². The normalized spacial score (nSPS) is 12.5. The van der Waals surface area contributed by atoms with Gasteiger partial charge in [-0.1, -0.05) is 0 Å². The fraction of sp³-hybridized carbons (Fsp3) is 0.211. The third kappa shape index (κ3) is 3.09. The van der Waals surface area contributed by atoms with Crippen LogP contribution in [0.5, 0.6) is 5.88 Å². The lowest BCUT2D eigenvalue weighted by Gasteiger charge is -2.12. The van der Waals surface area contributed by atoms with Crippen LogP contribution in [0.15, 0.2) is 36.8 Å². The second-order valence-electron chi connectivity index (χ2n) is 5.91. The summed E-state index contributed by atoms with van der Waals surface area (Å²) in [7, 11) is 0. The molecule has 0 bridgehead atoms. The molecule has 0 unspecified atom stereocenters. The number of nitrogens with zero attached hydrogens (tertiary/aromatic N) is 5. The van der Waals surface area contributed by atoms with Crippen LogP contribution in [0.1, 0.15) is 29.2 Å². The summed E-state index contributed by atoms with van der Waals surface area (Å²) in [5, 5.41) is 8.86. The summed E-state index contributed by atoms with van der Waals surface area (Å²) < 4.78 is 19.4. The first-order chi connectivity index (χ1) is 12.7. The molecular formula is C19H14FN5O. The standard InChI is InChI=1S/C19H14FN5O/c20-15-4-2-6-22-17(15)11-26-19-7-14(13-3-1-5-16(13)25-19)12-9-23-18(8-21)24-10-12/h2,4,6-7,9-10H,1,3,5,11H2. The topological polar surface area (TPSA) is 84.6 Å². The van der Waals surface area contributed by atoms with Gasteiger partial charge in [0.2, 0.25) is 11.7 Å². The summed E-state index contributed by atoms with van der Waals surface area (Å²) >= 11 is 0. The number of hydrogen-bond acceptors (Lipinski definition) is 6. The predicted molar refractivity (Wildman–Crippen MR) is 90.5 cm³/mol. The SMILES string of the molecule is N#Cc1ncc(-c2cc(OCc3ncccc3F)nc3c2CCC3)cn1. The first-order valence-corrected chi connectivity index (χ1v) is 8.22. The molecule has 0 saturated carbocycles. The molecule has 0 saturated heterocycles. The number of aromatic nitrogens is 4. The van der Waals surface area contributed by atoms with E-state index in [1.807, 2.05) is 12.1 Å². The van der Waals surface area contributed by atoms with E-state index in [4.69, 9.17) is 10.00 Å². The van der Waals surface area contributed by atoms with Crippen LogP contribution in [-0.4, -0.2) is 19.9 Å². The molecule has 3 heterocycles. The van der Waals surface area contributed by atoms with Crippen molar-refractivity contribution in [2.75, 3.05) is 0 Å². The average molecular weight is 347 g/mol. The van der Waals surface area contributed by atoms with Crippen molar-refractivity contribution in [3.8, 4) is 23.1 Å². The van der Waals surface area contributed by atoms with Crippen molar-refractivity contribution in [1.82, 2.24) is 19.9 Å². The minimum absolute atomic E-state index is 0.00176. The van der Waals surface area contributed by atoms with E-state index in [0.717, 1.165) is 41.6 Å². The number of nitriles is 1. The van der Waals surface area contributed by atoms with E-state index in [1.54, 1.807) is 12.4 Å². The predicted octanol–water partition coefficient (Wildman–Crippen LogP) is 3.01. The van der Waals surface area contributed by atoms with E-state index in [0.29, 0.717) is 5.88 Å². The summed E-state index contributed by atoms with van der Waals surface area (Å²) in [5.41, 5.74) is 4.10. The van der Waals surface area contributed by atoms with Crippen molar-refractivity contribution in [2.24, 2.45) is 0 Å². The molecule has 7 heteroatoms. The van der Waals surface area contributed by atoms with Crippen LogP contribution in [0.2, 0.25) is 0 Å². The molecule has 0 aromatic carbocycles. The summed E-state index contributed by atoms with van der Waals surface area (Å²) in [5.74, 6) is 0.131. The van der Waals surface area contributed by atoms with Crippen molar-refractivity contribution in [3.63, 3.8) is 0 Å². The first kappa shape index (κ1) is 16.1. The van der Waals surface area contributed by atoms with Gasteiger partial charge in [0.25, 0.3) is 0 Å². The average Bonchev–Trinajstić information content (AvgIpc) is 3.15. The van der Waals surface area contributed by atoms with Crippen molar-refractivity contribution >= 4 is 0 Å². The molecule has 1 aliphatic carbocycles. The Morgan fingerprint density at radius 1 is 1.19 bits per heavy atom. The molecule has 6 nitrogen and oxygen atoms in total. The lowest BCUT2D eigenvalue weighted by atomic mass is 10.0. The van der Waals surface area contributed by atoms with Gasteiger partial charge in [-0.05, 0) is 42.5 Å². The monoisotopic (exact) mass is 347 g/mol. The first-order valence-electron chi connectivity index (χ1n) is 8.22. The van der Waals surface area contributed by atoms with E-state index in [1.165, 1.54) is 18.3 Å². The maximum atomic E-state index is 13.7. The molecule has 128 valence electrons. The number of rotatable bonds is 4. The highest BCUT2D eigenvalue weighted by molar-refractivity contribution is 5.68. The molecule has 0 spiro atoms. The summed E-state index contributed by atoms with van der Waals surface area (Å²) in [4.78, 5) is 16.6. The number of fused-ring (bicyclic) bond motifs is 1. The van der Waals surface area contributed by atoms with E-state index in [9.17, 15) is 4.39 Å². The molecule has 1 aliphatic rings. The second kappa shape index (κ2) is 6.84.